The highest BCUT2D eigenvalue weighted by atomic mass is 32.2. The van der Waals surface area contributed by atoms with Crippen LogP contribution in [0.25, 0.3) is 10.4 Å². The van der Waals surface area contributed by atoms with E-state index in [0.29, 0.717) is 11.3 Å². The lowest BCUT2D eigenvalue weighted by Crippen LogP contribution is -2.38. The van der Waals surface area contributed by atoms with Crippen molar-refractivity contribution in [1.29, 1.82) is 5.26 Å². The minimum atomic E-state index is -3.72. The molecule has 132 valence electrons. The zero-order chi connectivity index (χ0) is 18.0. The van der Waals surface area contributed by atoms with Crippen molar-refractivity contribution in [1.82, 2.24) is 0 Å². The van der Waals surface area contributed by atoms with Crippen molar-refractivity contribution >= 4 is 33.6 Å². The number of benzene rings is 1. The summed E-state index contributed by atoms with van der Waals surface area (Å²) in [5, 5.41) is 12.6. The van der Waals surface area contributed by atoms with Crippen LogP contribution in [-0.4, -0.2) is 49.4 Å². The van der Waals surface area contributed by atoms with Gasteiger partial charge in [-0.05, 0) is 29.8 Å². The summed E-state index contributed by atoms with van der Waals surface area (Å²) in [6.07, 6.45) is -0.759. The average Bonchev–Trinajstić information content (AvgIpc) is 2.83. The van der Waals surface area contributed by atoms with E-state index in [1.54, 1.807) is 23.9 Å². The number of nitriles is 1. The van der Waals surface area contributed by atoms with Crippen molar-refractivity contribution in [2.75, 3.05) is 12.0 Å². The first kappa shape index (κ1) is 18.4. The van der Waals surface area contributed by atoms with Gasteiger partial charge < -0.3 is 4.74 Å². The van der Waals surface area contributed by atoms with Gasteiger partial charge in [-0.25, -0.2) is 0 Å². The molecular weight excluding hydrogens is 384 g/mol. The molecule has 2 aliphatic heterocycles. The van der Waals surface area contributed by atoms with Gasteiger partial charge >= 0.3 is 0 Å². The van der Waals surface area contributed by atoms with Crippen LogP contribution in [0.15, 0.2) is 34.3 Å². The molecule has 0 saturated carbocycles. The molecular formula is C14H14N4O4S3. The Balaban J connectivity index is 1.82. The van der Waals surface area contributed by atoms with Gasteiger partial charge in [-0.1, -0.05) is 5.11 Å². The van der Waals surface area contributed by atoms with Crippen molar-refractivity contribution in [2.24, 2.45) is 5.11 Å². The molecule has 8 nitrogen and oxygen atoms in total. The smallest absolute Gasteiger partial charge is 0.264 e. The van der Waals surface area contributed by atoms with Gasteiger partial charge in [0.15, 0.2) is 0 Å². The van der Waals surface area contributed by atoms with E-state index in [9.17, 15) is 8.42 Å². The normalized spacial score (nSPS) is 31.1. The Kier molecular flexibility index (Phi) is 5.48. The molecule has 1 aromatic rings. The number of nitrogens with zero attached hydrogens (tertiary/aromatic N) is 4. The predicted molar refractivity (Wildman–Crippen MR) is 94.6 cm³/mol. The zero-order valence-electron chi connectivity index (χ0n) is 13.0. The van der Waals surface area contributed by atoms with Crippen LogP contribution >= 0.6 is 23.5 Å². The molecule has 0 spiro atoms. The monoisotopic (exact) mass is 398 g/mol. The molecule has 2 fully saturated rings. The van der Waals surface area contributed by atoms with Gasteiger partial charge in [-0.15, -0.1) is 23.5 Å². The SMILES string of the molecule is CS(=O)(=O)O[C@H]1[C@H](N=[N+]=[N-])[C@H]2CS[C@H](Sc3ccc(C#N)cc3)[C@H]1O2. The van der Waals surface area contributed by atoms with E-state index in [-0.39, 0.29) is 10.7 Å². The predicted octanol–water partition coefficient (Wildman–Crippen LogP) is 2.51. The van der Waals surface area contributed by atoms with Crippen molar-refractivity contribution < 1.29 is 17.3 Å². The molecule has 0 amide bonds. The number of hydrogen-bond acceptors (Lipinski definition) is 8. The highest BCUT2D eigenvalue weighted by molar-refractivity contribution is 8.17. The summed E-state index contributed by atoms with van der Waals surface area (Å²) in [6.45, 7) is 0. The van der Waals surface area contributed by atoms with Crippen LogP contribution in [0, 0.1) is 11.3 Å². The van der Waals surface area contributed by atoms with Crippen molar-refractivity contribution in [2.45, 2.75) is 33.8 Å². The first-order valence-electron chi connectivity index (χ1n) is 7.27. The summed E-state index contributed by atoms with van der Waals surface area (Å²) in [4.78, 5) is 3.74. The molecule has 0 aromatic heterocycles. The summed E-state index contributed by atoms with van der Waals surface area (Å²) < 4.78 is 34.2. The van der Waals surface area contributed by atoms with Gasteiger partial charge in [0.05, 0.1) is 34.6 Å². The molecule has 5 atom stereocenters. The molecule has 2 bridgehead atoms. The van der Waals surface area contributed by atoms with Gasteiger partial charge in [0.1, 0.15) is 12.2 Å². The second-order valence-electron chi connectivity index (χ2n) is 5.56. The maximum atomic E-state index is 11.6. The molecule has 11 heteroatoms. The lowest BCUT2D eigenvalue weighted by Gasteiger charge is -2.29. The summed E-state index contributed by atoms with van der Waals surface area (Å²) in [5.41, 5.74) is 9.34. The Bertz CT molecular complexity index is 833. The summed E-state index contributed by atoms with van der Waals surface area (Å²) >= 11 is 3.13. The molecule has 3 rings (SSSR count). The van der Waals surface area contributed by atoms with Crippen LogP contribution < -0.4 is 0 Å². The lowest BCUT2D eigenvalue weighted by molar-refractivity contribution is 0.0320. The van der Waals surface area contributed by atoms with Gasteiger partial charge in [0.2, 0.25) is 0 Å². The highest BCUT2D eigenvalue weighted by Crippen LogP contribution is 2.46. The second-order valence-corrected chi connectivity index (χ2v) is 9.84. The Labute approximate surface area is 153 Å². The van der Waals surface area contributed by atoms with Crippen LogP contribution in [0.4, 0.5) is 0 Å². The fourth-order valence-corrected chi connectivity index (χ4v) is 6.21. The summed E-state index contributed by atoms with van der Waals surface area (Å²) in [6, 6.07) is 8.51. The number of ether oxygens (including phenoxy) is 1. The molecule has 2 aliphatic rings. The van der Waals surface area contributed by atoms with Crippen molar-refractivity contribution in [3.05, 3.63) is 40.3 Å². The number of thioether (sulfide) groups is 2. The average molecular weight is 398 g/mol. The van der Waals surface area contributed by atoms with Crippen LogP contribution in [-0.2, 0) is 19.0 Å². The largest absolute Gasteiger partial charge is 0.369 e. The Morgan fingerprint density at radius 2 is 2.20 bits per heavy atom. The summed E-state index contributed by atoms with van der Waals surface area (Å²) in [7, 11) is -3.72. The third kappa shape index (κ3) is 4.23. The number of hydrogen-bond donors (Lipinski definition) is 0. The second kappa shape index (κ2) is 7.45. The fourth-order valence-electron chi connectivity index (χ4n) is 2.76. The van der Waals surface area contributed by atoms with E-state index in [4.69, 9.17) is 19.7 Å². The first-order chi connectivity index (χ1) is 11.9. The minimum absolute atomic E-state index is 0.116. The standard InChI is InChI=1S/C14H14N4O4S3/c1-25(19,20)22-12-11(17-18-16)10-7-23-14(13(12)21-10)24-9-4-2-8(6-15)3-5-9/h2-5,10-14H,7H2,1H3/t10-,11-,12+,13+,14-/m1/s1. The summed E-state index contributed by atoms with van der Waals surface area (Å²) in [5.74, 6) is 0.581. The third-order valence-corrected chi connectivity index (χ3v) is 7.20. The van der Waals surface area contributed by atoms with Crippen LogP contribution in [0.2, 0.25) is 0 Å². The molecule has 2 heterocycles. The van der Waals surface area contributed by atoms with E-state index in [2.05, 4.69) is 16.1 Å². The third-order valence-electron chi connectivity index (χ3n) is 3.77. The van der Waals surface area contributed by atoms with Gasteiger partial charge in [-0.2, -0.15) is 13.7 Å². The van der Waals surface area contributed by atoms with Crippen molar-refractivity contribution in [3.8, 4) is 6.07 Å². The molecule has 25 heavy (non-hydrogen) atoms. The van der Waals surface area contributed by atoms with Crippen LogP contribution in [0.3, 0.4) is 0 Å². The number of fused-ring (bicyclic) bond motifs is 2. The van der Waals surface area contributed by atoms with Gasteiger partial charge in [-0.3, -0.25) is 4.18 Å². The van der Waals surface area contributed by atoms with Gasteiger partial charge in [0, 0.05) is 15.6 Å². The fraction of sp³-hybridized carbons (Fsp3) is 0.500. The van der Waals surface area contributed by atoms with E-state index in [1.807, 2.05) is 12.1 Å². The molecule has 0 N–H and O–H groups in total. The highest BCUT2D eigenvalue weighted by Gasteiger charge is 2.53. The Morgan fingerprint density at radius 3 is 2.80 bits per heavy atom. The molecule has 2 saturated heterocycles. The maximum absolute atomic E-state index is 11.6. The van der Waals surface area contributed by atoms with E-state index in [1.165, 1.54) is 11.8 Å². The Morgan fingerprint density at radius 1 is 1.48 bits per heavy atom. The topological polar surface area (TPSA) is 125 Å². The lowest BCUT2D eigenvalue weighted by atomic mass is 10.1. The van der Waals surface area contributed by atoms with Crippen LogP contribution in [0.1, 0.15) is 5.56 Å². The Hall–Kier alpha value is -1.41. The van der Waals surface area contributed by atoms with Crippen LogP contribution in [0.5, 0.6) is 0 Å². The quantitative estimate of drug-likeness (QED) is 0.323. The molecule has 0 radical (unpaired) electrons. The number of rotatable bonds is 5. The van der Waals surface area contributed by atoms with E-state index >= 15 is 0 Å². The molecule has 1 aromatic carbocycles. The minimum Gasteiger partial charge on any atom is -0.369 e. The molecule has 0 aliphatic carbocycles. The van der Waals surface area contributed by atoms with Crippen molar-refractivity contribution in [3.63, 3.8) is 0 Å². The zero-order valence-corrected chi connectivity index (χ0v) is 15.5. The maximum Gasteiger partial charge on any atom is 0.264 e. The van der Waals surface area contributed by atoms with E-state index in [0.717, 1.165) is 11.2 Å². The number of azide groups is 1. The first-order valence-corrected chi connectivity index (χ1v) is 11.0. The van der Waals surface area contributed by atoms with E-state index < -0.39 is 28.4 Å². The van der Waals surface area contributed by atoms with Gasteiger partial charge in [0.25, 0.3) is 10.1 Å². The molecule has 0 unspecified atom stereocenters.